The van der Waals surface area contributed by atoms with Gasteiger partial charge in [-0.25, -0.2) is 4.98 Å². The van der Waals surface area contributed by atoms with E-state index in [1.54, 1.807) is 18.6 Å². The average molecular weight is 243 g/mol. The van der Waals surface area contributed by atoms with Gasteiger partial charge in [-0.3, -0.25) is 4.98 Å². The molecule has 0 saturated heterocycles. The summed E-state index contributed by atoms with van der Waals surface area (Å²) in [6, 6.07) is 3.83. The molecule has 0 aliphatic rings. The molecule has 2 N–H and O–H groups in total. The Kier molecular flexibility index (Phi) is 3.77. The lowest BCUT2D eigenvalue weighted by atomic mass is 10.0. The number of anilines is 1. The number of nitrogens with zero attached hydrogens (tertiary/aromatic N) is 2. The molecule has 0 unspecified atom stereocenters. The second kappa shape index (κ2) is 5.49. The van der Waals surface area contributed by atoms with Crippen LogP contribution in [0.2, 0.25) is 0 Å². The highest BCUT2D eigenvalue weighted by atomic mass is 16.5. The molecule has 0 aromatic carbocycles. The van der Waals surface area contributed by atoms with Crippen LogP contribution in [0.3, 0.4) is 0 Å². The zero-order valence-corrected chi connectivity index (χ0v) is 10.7. The van der Waals surface area contributed by atoms with Crippen molar-refractivity contribution in [1.82, 2.24) is 9.97 Å². The quantitative estimate of drug-likeness (QED) is 0.897. The molecule has 2 rings (SSSR count). The molecule has 0 radical (unpaired) electrons. The third-order valence-electron chi connectivity index (χ3n) is 2.63. The van der Waals surface area contributed by atoms with E-state index in [2.05, 4.69) is 16.9 Å². The number of nitrogens with two attached hydrogens (primary N) is 1. The zero-order chi connectivity index (χ0) is 13.0. The Morgan fingerprint density at radius 2 is 2.06 bits per heavy atom. The molecule has 0 aliphatic heterocycles. The number of ether oxygens (including phenoxy) is 1. The van der Waals surface area contributed by atoms with Gasteiger partial charge >= 0.3 is 0 Å². The fraction of sp³-hybridized carbons (Fsp3) is 0.286. The number of nitrogen functional groups attached to an aromatic ring is 1. The maximum Gasteiger partial charge on any atom is 0.138 e. The summed E-state index contributed by atoms with van der Waals surface area (Å²) in [5.41, 5.74) is 8.75. The van der Waals surface area contributed by atoms with Crippen LogP contribution in [0.25, 0.3) is 11.1 Å². The van der Waals surface area contributed by atoms with E-state index in [4.69, 9.17) is 10.5 Å². The van der Waals surface area contributed by atoms with Crippen molar-refractivity contribution in [1.29, 1.82) is 0 Å². The van der Waals surface area contributed by atoms with Gasteiger partial charge in [0, 0.05) is 23.5 Å². The third-order valence-corrected chi connectivity index (χ3v) is 2.63. The van der Waals surface area contributed by atoms with Crippen molar-refractivity contribution in [2.24, 2.45) is 0 Å². The SMILES string of the molecule is CCCOc1cncc(-c2cnc(N)cc2C)c1. The molecule has 0 spiro atoms. The summed E-state index contributed by atoms with van der Waals surface area (Å²) in [7, 11) is 0. The number of rotatable bonds is 4. The predicted octanol–water partition coefficient (Wildman–Crippen LogP) is 2.82. The van der Waals surface area contributed by atoms with E-state index in [0.29, 0.717) is 12.4 Å². The summed E-state index contributed by atoms with van der Waals surface area (Å²) in [6.07, 6.45) is 6.27. The highest BCUT2D eigenvalue weighted by Gasteiger charge is 2.05. The largest absolute Gasteiger partial charge is 0.492 e. The summed E-state index contributed by atoms with van der Waals surface area (Å²) in [4.78, 5) is 8.31. The van der Waals surface area contributed by atoms with Crippen LogP contribution in [0.4, 0.5) is 5.82 Å². The monoisotopic (exact) mass is 243 g/mol. The summed E-state index contributed by atoms with van der Waals surface area (Å²) in [5, 5.41) is 0. The molecule has 4 heteroatoms. The Morgan fingerprint density at radius 1 is 1.22 bits per heavy atom. The molecule has 0 aliphatic carbocycles. The normalized spacial score (nSPS) is 10.3. The summed E-state index contributed by atoms with van der Waals surface area (Å²) in [5.74, 6) is 1.31. The lowest BCUT2D eigenvalue weighted by molar-refractivity contribution is 0.316. The molecule has 4 nitrogen and oxygen atoms in total. The minimum atomic E-state index is 0.530. The van der Waals surface area contributed by atoms with Crippen molar-refractivity contribution in [3.63, 3.8) is 0 Å². The maximum absolute atomic E-state index is 5.65. The molecule has 94 valence electrons. The van der Waals surface area contributed by atoms with Gasteiger partial charge in [0.05, 0.1) is 12.8 Å². The highest BCUT2D eigenvalue weighted by Crippen LogP contribution is 2.25. The first kappa shape index (κ1) is 12.4. The fourth-order valence-corrected chi connectivity index (χ4v) is 1.74. The van der Waals surface area contributed by atoms with Gasteiger partial charge in [-0.1, -0.05) is 6.92 Å². The van der Waals surface area contributed by atoms with Crippen LogP contribution in [0.15, 0.2) is 30.7 Å². The standard InChI is InChI=1S/C14H17N3O/c1-3-4-18-12-6-11(7-16-8-12)13-9-17-14(15)5-10(13)2/h5-9H,3-4H2,1-2H3,(H2,15,17). The average Bonchev–Trinajstić information content (AvgIpc) is 2.36. The minimum Gasteiger partial charge on any atom is -0.492 e. The van der Waals surface area contributed by atoms with E-state index in [1.807, 2.05) is 19.1 Å². The van der Waals surface area contributed by atoms with Gasteiger partial charge < -0.3 is 10.5 Å². The Morgan fingerprint density at radius 3 is 2.78 bits per heavy atom. The van der Waals surface area contributed by atoms with Crippen LogP contribution in [-0.4, -0.2) is 16.6 Å². The molecule has 0 atom stereocenters. The molecule has 0 saturated carbocycles. The Bertz CT molecular complexity index is 540. The fourth-order valence-electron chi connectivity index (χ4n) is 1.74. The van der Waals surface area contributed by atoms with Crippen molar-refractivity contribution < 1.29 is 4.74 Å². The summed E-state index contributed by atoms with van der Waals surface area (Å²) in [6.45, 7) is 4.78. The van der Waals surface area contributed by atoms with Gasteiger partial charge in [0.2, 0.25) is 0 Å². The molecular weight excluding hydrogens is 226 g/mol. The second-order valence-electron chi connectivity index (χ2n) is 4.18. The first-order chi connectivity index (χ1) is 8.70. The maximum atomic E-state index is 5.65. The molecule has 0 fully saturated rings. The smallest absolute Gasteiger partial charge is 0.138 e. The molecule has 18 heavy (non-hydrogen) atoms. The van der Waals surface area contributed by atoms with E-state index in [9.17, 15) is 0 Å². The van der Waals surface area contributed by atoms with E-state index in [1.165, 1.54) is 0 Å². The first-order valence-corrected chi connectivity index (χ1v) is 6.01. The van der Waals surface area contributed by atoms with Crippen molar-refractivity contribution in [3.8, 4) is 16.9 Å². The van der Waals surface area contributed by atoms with E-state index in [0.717, 1.165) is 28.9 Å². The topological polar surface area (TPSA) is 61.0 Å². The molecular formula is C14H17N3O. The van der Waals surface area contributed by atoms with Crippen molar-refractivity contribution in [2.45, 2.75) is 20.3 Å². The Balaban J connectivity index is 2.32. The van der Waals surface area contributed by atoms with Crippen LogP contribution in [0, 0.1) is 6.92 Å². The minimum absolute atomic E-state index is 0.530. The van der Waals surface area contributed by atoms with Gasteiger partial charge in [-0.2, -0.15) is 0 Å². The van der Waals surface area contributed by atoms with Gasteiger partial charge in [0.25, 0.3) is 0 Å². The second-order valence-corrected chi connectivity index (χ2v) is 4.18. The van der Waals surface area contributed by atoms with Crippen LogP contribution in [0.5, 0.6) is 5.75 Å². The summed E-state index contributed by atoms with van der Waals surface area (Å²) >= 11 is 0. The Labute approximate surface area is 107 Å². The van der Waals surface area contributed by atoms with E-state index < -0.39 is 0 Å². The van der Waals surface area contributed by atoms with Gasteiger partial charge in [-0.15, -0.1) is 0 Å². The molecule has 2 aromatic heterocycles. The van der Waals surface area contributed by atoms with Gasteiger partial charge in [0.1, 0.15) is 11.6 Å². The molecule has 0 amide bonds. The lowest BCUT2D eigenvalue weighted by Gasteiger charge is -2.08. The third kappa shape index (κ3) is 2.77. The van der Waals surface area contributed by atoms with Crippen LogP contribution < -0.4 is 10.5 Å². The predicted molar refractivity (Wildman–Crippen MR) is 72.4 cm³/mol. The number of aromatic nitrogens is 2. The number of hydrogen-bond donors (Lipinski definition) is 1. The van der Waals surface area contributed by atoms with Crippen molar-refractivity contribution in [3.05, 3.63) is 36.3 Å². The highest BCUT2D eigenvalue weighted by molar-refractivity contribution is 5.67. The van der Waals surface area contributed by atoms with Gasteiger partial charge in [0.15, 0.2) is 0 Å². The molecule has 2 heterocycles. The van der Waals surface area contributed by atoms with Gasteiger partial charge in [-0.05, 0) is 31.0 Å². The number of hydrogen-bond acceptors (Lipinski definition) is 4. The number of pyridine rings is 2. The van der Waals surface area contributed by atoms with E-state index >= 15 is 0 Å². The van der Waals surface area contributed by atoms with Crippen LogP contribution in [0.1, 0.15) is 18.9 Å². The number of aryl methyl sites for hydroxylation is 1. The summed E-state index contributed by atoms with van der Waals surface area (Å²) < 4.78 is 5.57. The zero-order valence-electron chi connectivity index (χ0n) is 10.7. The van der Waals surface area contributed by atoms with Crippen LogP contribution in [-0.2, 0) is 0 Å². The van der Waals surface area contributed by atoms with Crippen LogP contribution >= 0.6 is 0 Å². The first-order valence-electron chi connectivity index (χ1n) is 6.01. The van der Waals surface area contributed by atoms with Crippen molar-refractivity contribution >= 4 is 5.82 Å². The van der Waals surface area contributed by atoms with E-state index in [-0.39, 0.29) is 0 Å². The lowest BCUT2D eigenvalue weighted by Crippen LogP contribution is -1.97. The molecule has 0 bridgehead atoms. The van der Waals surface area contributed by atoms with Crippen molar-refractivity contribution in [2.75, 3.05) is 12.3 Å². The Hall–Kier alpha value is -2.10. The molecule has 2 aromatic rings.